The minimum absolute atomic E-state index is 0.0291. The van der Waals surface area contributed by atoms with Gasteiger partial charge in [0, 0.05) is 18.0 Å². The number of hydrogen-bond donors (Lipinski definition) is 1. The van der Waals surface area contributed by atoms with Gasteiger partial charge in [-0.15, -0.1) is 0 Å². The largest absolute Gasteiger partial charge is 0.465 e. The molecule has 8 heteroatoms. The summed E-state index contributed by atoms with van der Waals surface area (Å²) in [4.78, 5) is 16.4. The van der Waals surface area contributed by atoms with Crippen LogP contribution in [0.5, 0.6) is 5.88 Å². The molecule has 1 saturated carbocycles. The number of likely N-dealkylation sites (tertiary alicyclic amines) is 1. The first-order valence-electron chi connectivity index (χ1n) is 7.94. The Labute approximate surface area is 137 Å². The van der Waals surface area contributed by atoms with Crippen LogP contribution in [-0.4, -0.2) is 33.9 Å². The van der Waals surface area contributed by atoms with Crippen molar-refractivity contribution in [2.75, 3.05) is 6.54 Å². The first-order chi connectivity index (χ1) is 11.2. The predicted molar refractivity (Wildman–Crippen MR) is 78.6 cm³/mol. The van der Waals surface area contributed by atoms with E-state index in [1.54, 1.807) is 0 Å². The van der Waals surface area contributed by atoms with E-state index in [1.807, 2.05) is 0 Å². The van der Waals surface area contributed by atoms with Crippen molar-refractivity contribution in [1.29, 1.82) is 0 Å². The van der Waals surface area contributed by atoms with Crippen LogP contribution in [0.15, 0.2) is 12.1 Å². The van der Waals surface area contributed by atoms with Gasteiger partial charge in [-0.25, -0.2) is 9.78 Å². The number of rotatable bonds is 2. The number of nitrogens with zero attached hydrogens (tertiary/aromatic N) is 2. The van der Waals surface area contributed by atoms with E-state index in [2.05, 4.69) is 4.98 Å². The smallest absolute Gasteiger partial charge is 0.418 e. The van der Waals surface area contributed by atoms with E-state index in [1.165, 1.54) is 11.8 Å². The van der Waals surface area contributed by atoms with Gasteiger partial charge in [0.1, 0.15) is 0 Å². The van der Waals surface area contributed by atoms with Crippen molar-refractivity contribution in [1.82, 2.24) is 9.88 Å². The highest BCUT2D eigenvalue weighted by atomic mass is 19.4. The zero-order valence-corrected chi connectivity index (χ0v) is 13.3. The summed E-state index contributed by atoms with van der Waals surface area (Å²) in [6.45, 7) is 1.68. The van der Waals surface area contributed by atoms with Gasteiger partial charge in [0.05, 0.1) is 11.3 Å². The van der Waals surface area contributed by atoms with E-state index in [-0.39, 0.29) is 17.0 Å². The van der Waals surface area contributed by atoms with Crippen LogP contribution in [0.3, 0.4) is 0 Å². The molecule has 1 atom stereocenters. The van der Waals surface area contributed by atoms with Crippen LogP contribution in [0.1, 0.15) is 43.4 Å². The molecule has 1 N–H and O–H groups in total. The van der Waals surface area contributed by atoms with Crippen molar-refractivity contribution in [2.24, 2.45) is 5.41 Å². The lowest BCUT2D eigenvalue weighted by molar-refractivity contribution is -0.174. The highest BCUT2D eigenvalue weighted by molar-refractivity contribution is 5.67. The predicted octanol–water partition coefficient (Wildman–Crippen LogP) is 4.06. The molecular weight excluding hydrogens is 325 g/mol. The lowest BCUT2D eigenvalue weighted by Gasteiger charge is -2.56. The van der Waals surface area contributed by atoms with Gasteiger partial charge in [0.25, 0.3) is 0 Å². The van der Waals surface area contributed by atoms with Crippen molar-refractivity contribution in [3.05, 3.63) is 23.4 Å². The van der Waals surface area contributed by atoms with E-state index < -0.39 is 24.1 Å². The fraction of sp³-hybridized carbons (Fsp3) is 0.625. The Kier molecular flexibility index (Phi) is 4.09. The second-order valence-electron chi connectivity index (χ2n) is 6.58. The molecule has 132 valence electrons. The number of ether oxygens (including phenoxy) is 1. The molecule has 0 radical (unpaired) electrons. The molecule has 1 aliphatic heterocycles. The van der Waals surface area contributed by atoms with Crippen LogP contribution in [0.2, 0.25) is 0 Å². The number of pyridine rings is 1. The summed E-state index contributed by atoms with van der Waals surface area (Å²) in [5.41, 5.74) is -1.24. The summed E-state index contributed by atoms with van der Waals surface area (Å²) < 4.78 is 44.2. The quantitative estimate of drug-likeness (QED) is 0.879. The van der Waals surface area contributed by atoms with E-state index in [0.717, 1.165) is 44.2 Å². The lowest BCUT2D eigenvalue weighted by Crippen LogP contribution is -2.68. The van der Waals surface area contributed by atoms with Crippen molar-refractivity contribution < 1.29 is 27.8 Å². The zero-order chi connectivity index (χ0) is 17.5. The number of carbonyl (C=O) groups is 1. The van der Waals surface area contributed by atoms with E-state index in [0.29, 0.717) is 6.54 Å². The topological polar surface area (TPSA) is 62.7 Å². The molecule has 1 saturated heterocycles. The van der Waals surface area contributed by atoms with Gasteiger partial charge in [0.2, 0.25) is 5.88 Å². The Balaban J connectivity index is 1.82. The average Bonchev–Trinajstić information content (AvgIpc) is 2.50. The minimum atomic E-state index is -4.47. The van der Waals surface area contributed by atoms with Crippen molar-refractivity contribution in [3.8, 4) is 5.88 Å². The third kappa shape index (κ3) is 2.89. The summed E-state index contributed by atoms with van der Waals surface area (Å²) in [7, 11) is 0. The first kappa shape index (κ1) is 16.9. The third-order valence-corrected chi connectivity index (χ3v) is 4.99. The molecule has 3 rings (SSSR count). The first-order valence-corrected chi connectivity index (χ1v) is 7.94. The highest BCUT2D eigenvalue weighted by Crippen LogP contribution is 2.49. The molecule has 1 aliphatic carbocycles. The average molecular weight is 344 g/mol. The summed E-state index contributed by atoms with van der Waals surface area (Å²) in [5, 5.41) is 9.28. The number of amides is 1. The molecule has 5 nitrogen and oxygen atoms in total. The second kappa shape index (κ2) is 5.82. The van der Waals surface area contributed by atoms with Gasteiger partial charge in [-0.05, 0) is 25.8 Å². The van der Waals surface area contributed by atoms with Crippen LogP contribution >= 0.6 is 0 Å². The SMILES string of the molecule is Cc1nc(OC2N(C(=O)O)CC23CCCCC3)ccc1C(F)(F)F. The van der Waals surface area contributed by atoms with Gasteiger partial charge in [-0.2, -0.15) is 13.2 Å². The molecule has 1 amide bonds. The summed E-state index contributed by atoms with van der Waals surface area (Å²) in [6.07, 6.45) is -1.39. The molecule has 2 heterocycles. The number of halogens is 3. The fourth-order valence-electron chi connectivity index (χ4n) is 3.75. The van der Waals surface area contributed by atoms with Crippen molar-refractivity contribution in [3.63, 3.8) is 0 Å². The normalized spacial score (nSPS) is 23.0. The number of carboxylic acid groups (broad SMARTS) is 1. The monoisotopic (exact) mass is 344 g/mol. The standard InChI is InChI=1S/C16H19F3N2O3/c1-10-11(16(17,18)19)5-6-12(20-10)24-13-15(7-3-2-4-8-15)9-21(13)14(22)23/h5-6,13H,2-4,7-9H2,1H3,(H,22,23). The molecule has 0 aromatic carbocycles. The third-order valence-electron chi connectivity index (χ3n) is 4.99. The van der Waals surface area contributed by atoms with E-state index in [4.69, 9.17) is 4.74 Å². The van der Waals surface area contributed by atoms with Crippen LogP contribution in [0.25, 0.3) is 0 Å². The number of hydrogen-bond acceptors (Lipinski definition) is 3. The van der Waals surface area contributed by atoms with E-state index >= 15 is 0 Å². The maximum Gasteiger partial charge on any atom is 0.418 e. The zero-order valence-electron chi connectivity index (χ0n) is 13.3. The summed E-state index contributed by atoms with van der Waals surface area (Å²) in [5.74, 6) is 0.0291. The molecule has 1 aromatic rings. The molecule has 1 aromatic heterocycles. The fourth-order valence-corrected chi connectivity index (χ4v) is 3.75. The lowest BCUT2D eigenvalue weighted by atomic mass is 9.67. The number of alkyl halides is 3. The van der Waals surface area contributed by atoms with Crippen molar-refractivity contribution in [2.45, 2.75) is 51.4 Å². The number of aryl methyl sites for hydroxylation is 1. The molecular formula is C16H19F3N2O3. The van der Waals surface area contributed by atoms with Gasteiger partial charge < -0.3 is 9.84 Å². The molecule has 2 aliphatic rings. The van der Waals surface area contributed by atoms with Crippen LogP contribution < -0.4 is 4.74 Å². The molecule has 1 spiro atoms. The van der Waals surface area contributed by atoms with Gasteiger partial charge in [-0.3, -0.25) is 4.90 Å². The van der Waals surface area contributed by atoms with Gasteiger partial charge in [0.15, 0.2) is 6.23 Å². The highest BCUT2D eigenvalue weighted by Gasteiger charge is 2.56. The summed E-state index contributed by atoms with van der Waals surface area (Å²) in [6, 6.07) is 2.08. The summed E-state index contributed by atoms with van der Waals surface area (Å²) >= 11 is 0. The Hall–Kier alpha value is -1.99. The maximum absolute atomic E-state index is 12.8. The molecule has 24 heavy (non-hydrogen) atoms. The minimum Gasteiger partial charge on any atom is -0.465 e. The Morgan fingerprint density at radius 2 is 2.00 bits per heavy atom. The molecule has 2 fully saturated rings. The van der Waals surface area contributed by atoms with Gasteiger partial charge >= 0.3 is 12.3 Å². The Morgan fingerprint density at radius 1 is 1.33 bits per heavy atom. The molecule has 0 bridgehead atoms. The second-order valence-corrected chi connectivity index (χ2v) is 6.58. The van der Waals surface area contributed by atoms with Crippen LogP contribution in [-0.2, 0) is 6.18 Å². The Bertz CT molecular complexity index is 642. The Morgan fingerprint density at radius 3 is 2.54 bits per heavy atom. The van der Waals surface area contributed by atoms with Crippen LogP contribution in [0.4, 0.5) is 18.0 Å². The van der Waals surface area contributed by atoms with Crippen molar-refractivity contribution >= 4 is 6.09 Å². The maximum atomic E-state index is 12.8. The van der Waals surface area contributed by atoms with Crippen LogP contribution in [0, 0.1) is 12.3 Å². The van der Waals surface area contributed by atoms with E-state index in [9.17, 15) is 23.1 Å². The molecule has 1 unspecified atom stereocenters. The number of aromatic nitrogens is 1. The van der Waals surface area contributed by atoms with Gasteiger partial charge in [-0.1, -0.05) is 19.3 Å².